The molecule has 8 heteroatoms. The number of piperidine rings is 1. The Morgan fingerprint density at radius 3 is 2.69 bits per heavy atom. The van der Waals surface area contributed by atoms with Crippen molar-refractivity contribution in [3.63, 3.8) is 0 Å². The summed E-state index contributed by atoms with van der Waals surface area (Å²) in [7, 11) is 4.24. The van der Waals surface area contributed by atoms with Gasteiger partial charge in [-0.3, -0.25) is 0 Å². The van der Waals surface area contributed by atoms with Crippen LogP contribution in [0.3, 0.4) is 0 Å². The molecule has 26 heavy (non-hydrogen) atoms. The second kappa shape index (κ2) is 6.87. The molecule has 2 aliphatic rings. The van der Waals surface area contributed by atoms with Crippen LogP contribution in [0.15, 0.2) is 24.5 Å². The van der Waals surface area contributed by atoms with E-state index in [1.807, 2.05) is 6.07 Å². The lowest BCUT2D eigenvalue weighted by atomic mass is 10.0. The zero-order chi connectivity index (χ0) is 18.1. The van der Waals surface area contributed by atoms with Crippen molar-refractivity contribution < 1.29 is 14.2 Å². The van der Waals surface area contributed by atoms with E-state index in [0.29, 0.717) is 34.9 Å². The summed E-state index contributed by atoms with van der Waals surface area (Å²) in [5.41, 5.74) is 6.76. The van der Waals surface area contributed by atoms with Gasteiger partial charge in [-0.15, -0.1) is 0 Å². The summed E-state index contributed by atoms with van der Waals surface area (Å²) in [6, 6.07) is 5.98. The summed E-state index contributed by atoms with van der Waals surface area (Å²) in [6.45, 7) is 2.04. The van der Waals surface area contributed by atoms with Crippen LogP contribution in [0.2, 0.25) is 0 Å². The van der Waals surface area contributed by atoms with Crippen molar-refractivity contribution in [1.82, 2.24) is 14.9 Å². The minimum Gasteiger partial charge on any atom is -0.454 e. The van der Waals surface area contributed by atoms with Crippen molar-refractivity contribution >= 4 is 11.5 Å². The van der Waals surface area contributed by atoms with Crippen molar-refractivity contribution in [2.24, 2.45) is 0 Å². The Morgan fingerprint density at radius 1 is 1.15 bits per heavy atom. The largest absolute Gasteiger partial charge is 0.454 e. The fourth-order valence-corrected chi connectivity index (χ4v) is 3.35. The SMILES string of the molecule is CN(C)C1CCN(c2ncnc(Oc3ccc4c(c3)OCO4)c2N)CC1. The van der Waals surface area contributed by atoms with Crippen LogP contribution in [-0.2, 0) is 0 Å². The topological polar surface area (TPSA) is 86.0 Å². The van der Waals surface area contributed by atoms with Crippen molar-refractivity contribution in [2.75, 3.05) is 44.6 Å². The maximum absolute atomic E-state index is 6.31. The predicted molar refractivity (Wildman–Crippen MR) is 98.0 cm³/mol. The van der Waals surface area contributed by atoms with Gasteiger partial charge < -0.3 is 29.7 Å². The van der Waals surface area contributed by atoms with Crippen LogP contribution in [0.4, 0.5) is 11.5 Å². The minimum absolute atomic E-state index is 0.224. The summed E-state index contributed by atoms with van der Waals surface area (Å²) in [5, 5.41) is 0. The van der Waals surface area contributed by atoms with Gasteiger partial charge in [0.1, 0.15) is 17.8 Å². The molecule has 0 spiro atoms. The molecule has 0 amide bonds. The zero-order valence-corrected chi connectivity index (χ0v) is 15.0. The van der Waals surface area contributed by atoms with Crippen LogP contribution in [0.5, 0.6) is 23.1 Å². The number of benzene rings is 1. The van der Waals surface area contributed by atoms with Gasteiger partial charge in [-0.25, -0.2) is 4.98 Å². The molecule has 1 aromatic heterocycles. The number of aromatic nitrogens is 2. The van der Waals surface area contributed by atoms with Gasteiger partial charge >= 0.3 is 0 Å². The van der Waals surface area contributed by atoms with Gasteiger partial charge in [0, 0.05) is 25.2 Å². The molecule has 1 saturated heterocycles. The van der Waals surface area contributed by atoms with Crippen molar-refractivity contribution in [1.29, 1.82) is 0 Å². The predicted octanol–water partition coefficient (Wildman–Crippen LogP) is 2.11. The van der Waals surface area contributed by atoms with E-state index in [0.717, 1.165) is 31.7 Å². The zero-order valence-electron chi connectivity index (χ0n) is 15.0. The van der Waals surface area contributed by atoms with E-state index >= 15 is 0 Å². The first-order valence-corrected chi connectivity index (χ1v) is 8.71. The highest BCUT2D eigenvalue weighted by molar-refractivity contribution is 5.68. The van der Waals surface area contributed by atoms with Crippen molar-refractivity contribution in [2.45, 2.75) is 18.9 Å². The lowest BCUT2D eigenvalue weighted by molar-refractivity contribution is 0.174. The highest BCUT2D eigenvalue weighted by atomic mass is 16.7. The Bertz CT molecular complexity index is 790. The molecule has 0 saturated carbocycles. The summed E-state index contributed by atoms with van der Waals surface area (Å²) < 4.78 is 16.6. The first-order chi connectivity index (χ1) is 12.6. The van der Waals surface area contributed by atoms with E-state index in [9.17, 15) is 0 Å². The molecular weight excluding hydrogens is 334 g/mol. The Hall–Kier alpha value is -2.74. The molecule has 1 fully saturated rings. The fraction of sp³-hybridized carbons (Fsp3) is 0.444. The Balaban J connectivity index is 1.51. The number of hydrogen-bond acceptors (Lipinski definition) is 8. The number of fused-ring (bicyclic) bond motifs is 1. The van der Waals surface area contributed by atoms with Crippen LogP contribution in [0, 0.1) is 0 Å². The number of nitrogens with zero attached hydrogens (tertiary/aromatic N) is 4. The molecule has 0 radical (unpaired) electrons. The lowest BCUT2D eigenvalue weighted by Crippen LogP contribution is -2.42. The molecule has 0 bridgehead atoms. The second-order valence-corrected chi connectivity index (χ2v) is 6.72. The molecule has 138 valence electrons. The van der Waals surface area contributed by atoms with Gasteiger partial charge in [-0.1, -0.05) is 0 Å². The van der Waals surface area contributed by atoms with Crippen LogP contribution in [0.1, 0.15) is 12.8 Å². The van der Waals surface area contributed by atoms with E-state index in [1.165, 1.54) is 6.33 Å². The Morgan fingerprint density at radius 2 is 1.92 bits per heavy atom. The molecule has 0 unspecified atom stereocenters. The number of rotatable bonds is 4. The van der Waals surface area contributed by atoms with Crippen molar-refractivity contribution in [3.8, 4) is 23.1 Å². The molecule has 8 nitrogen and oxygen atoms in total. The number of anilines is 2. The van der Waals surface area contributed by atoms with Crippen LogP contribution in [0.25, 0.3) is 0 Å². The van der Waals surface area contributed by atoms with E-state index < -0.39 is 0 Å². The first kappa shape index (κ1) is 16.7. The number of hydrogen-bond donors (Lipinski definition) is 1. The average Bonchev–Trinajstić information content (AvgIpc) is 3.11. The number of nitrogen functional groups attached to an aromatic ring is 1. The molecule has 2 aromatic rings. The van der Waals surface area contributed by atoms with E-state index in [1.54, 1.807) is 12.1 Å². The van der Waals surface area contributed by atoms with Gasteiger partial charge in [0.05, 0.1) is 0 Å². The second-order valence-electron chi connectivity index (χ2n) is 6.72. The van der Waals surface area contributed by atoms with Gasteiger partial charge in [-0.05, 0) is 39.1 Å². The van der Waals surface area contributed by atoms with Gasteiger partial charge in [0.2, 0.25) is 12.7 Å². The van der Waals surface area contributed by atoms with E-state index in [2.05, 4.69) is 33.9 Å². The molecule has 2 N–H and O–H groups in total. The third kappa shape index (κ3) is 3.20. The van der Waals surface area contributed by atoms with Gasteiger partial charge in [0.15, 0.2) is 17.3 Å². The monoisotopic (exact) mass is 357 g/mol. The quantitative estimate of drug-likeness (QED) is 0.890. The number of nitrogens with two attached hydrogens (primary N) is 1. The smallest absolute Gasteiger partial charge is 0.248 e. The normalized spacial score (nSPS) is 17.0. The van der Waals surface area contributed by atoms with Crippen LogP contribution >= 0.6 is 0 Å². The average molecular weight is 357 g/mol. The van der Waals surface area contributed by atoms with Gasteiger partial charge in [-0.2, -0.15) is 4.98 Å². The maximum Gasteiger partial charge on any atom is 0.248 e. The molecule has 2 aliphatic heterocycles. The summed E-state index contributed by atoms with van der Waals surface area (Å²) in [6.07, 6.45) is 3.65. The Labute approximate surface area is 152 Å². The summed E-state index contributed by atoms with van der Waals surface area (Å²) in [4.78, 5) is 13.1. The standard InChI is InChI=1S/C18H23N5O3/c1-22(2)12-5-7-23(8-6-12)17-16(19)18(21-10-20-17)26-13-3-4-14-15(9-13)25-11-24-14/h3-4,9-10,12H,5-8,11,19H2,1-2H3. The lowest BCUT2D eigenvalue weighted by Gasteiger charge is -2.36. The third-order valence-corrected chi connectivity index (χ3v) is 4.88. The molecule has 3 heterocycles. The highest BCUT2D eigenvalue weighted by Crippen LogP contribution is 2.38. The molecule has 4 rings (SSSR count). The summed E-state index contributed by atoms with van der Waals surface area (Å²) >= 11 is 0. The van der Waals surface area contributed by atoms with E-state index in [4.69, 9.17) is 19.9 Å². The minimum atomic E-state index is 0.224. The number of ether oxygens (including phenoxy) is 3. The third-order valence-electron chi connectivity index (χ3n) is 4.88. The maximum atomic E-state index is 6.31. The molecule has 0 atom stereocenters. The van der Waals surface area contributed by atoms with Gasteiger partial charge in [0.25, 0.3) is 0 Å². The molecule has 0 aliphatic carbocycles. The van der Waals surface area contributed by atoms with Crippen LogP contribution in [-0.4, -0.2) is 54.9 Å². The first-order valence-electron chi connectivity index (χ1n) is 8.71. The highest BCUT2D eigenvalue weighted by Gasteiger charge is 2.24. The molecule has 1 aromatic carbocycles. The Kier molecular flexibility index (Phi) is 4.42. The van der Waals surface area contributed by atoms with E-state index in [-0.39, 0.29) is 6.79 Å². The fourth-order valence-electron chi connectivity index (χ4n) is 3.35. The van der Waals surface area contributed by atoms with Crippen molar-refractivity contribution in [3.05, 3.63) is 24.5 Å². The molecular formula is C18H23N5O3. The van der Waals surface area contributed by atoms with Crippen LogP contribution < -0.4 is 24.8 Å². The summed E-state index contributed by atoms with van der Waals surface area (Å²) in [5.74, 6) is 3.03.